The number of urea groups is 1. The largest absolute Gasteiger partial charge is 0.390 e. The number of pyridine rings is 1. The molecule has 3 heterocycles. The molecule has 0 radical (unpaired) electrons. The molecule has 0 saturated carbocycles. The summed E-state index contributed by atoms with van der Waals surface area (Å²) in [6.07, 6.45) is 3.05. The van der Waals surface area contributed by atoms with Crippen LogP contribution in [0.25, 0.3) is 0 Å². The van der Waals surface area contributed by atoms with Crippen LogP contribution < -0.4 is 5.32 Å². The molecule has 2 amide bonds. The van der Waals surface area contributed by atoms with Crippen molar-refractivity contribution in [3.8, 4) is 0 Å². The van der Waals surface area contributed by atoms with Crippen LogP contribution in [0.3, 0.4) is 0 Å². The van der Waals surface area contributed by atoms with Gasteiger partial charge >= 0.3 is 6.03 Å². The van der Waals surface area contributed by atoms with Gasteiger partial charge in [0.1, 0.15) is 0 Å². The van der Waals surface area contributed by atoms with Crippen LogP contribution in [-0.2, 0) is 0 Å². The van der Waals surface area contributed by atoms with E-state index in [4.69, 9.17) is 0 Å². The highest BCUT2D eigenvalue weighted by Crippen LogP contribution is 2.22. The number of hydrogen-bond donors (Lipinski definition) is 2. The second-order valence-corrected chi connectivity index (χ2v) is 5.55. The van der Waals surface area contributed by atoms with Crippen LogP contribution in [-0.4, -0.2) is 64.2 Å². The van der Waals surface area contributed by atoms with E-state index < -0.39 is 18.1 Å². The average molecular weight is 294 g/mol. The Morgan fingerprint density at radius 1 is 1.38 bits per heavy atom. The van der Waals surface area contributed by atoms with Gasteiger partial charge in [0.15, 0.2) is 0 Å². The fourth-order valence-electron chi connectivity index (χ4n) is 3.04. The number of nitrogens with one attached hydrogen (secondary N) is 1. The number of hydrogen-bond acceptors (Lipinski definition) is 4. The molecule has 2 aliphatic rings. The van der Waals surface area contributed by atoms with Crippen molar-refractivity contribution >= 4 is 11.7 Å². The molecule has 0 unspecified atom stereocenters. The number of carbonyl (C=O) groups is 1. The number of likely N-dealkylation sites (tertiary alicyclic amines) is 2. The normalized spacial score (nSPS) is 26.3. The Balaban J connectivity index is 1.62. The maximum absolute atomic E-state index is 13.4. The van der Waals surface area contributed by atoms with Crippen molar-refractivity contribution in [2.45, 2.75) is 25.0 Å². The fourth-order valence-corrected chi connectivity index (χ4v) is 3.04. The van der Waals surface area contributed by atoms with Gasteiger partial charge in [-0.25, -0.2) is 9.78 Å². The molecule has 3 rings (SSSR count). The van der Waals surface area contributed by atoms with E-state index in [9.17, 15) is 14.3 Å². The first kappa shape index (κ1) is 14.2. The number of amides is 2. The monoisotopic (exact) mass is 294 g/mol. The summed E-state index contributed by atoms with van der Waals surface area (Å²) < 4.78 is 13.4. The van der Waals surface area contributed by atoms with Crippen molar-refractivity contribution in [2.75, 3.05) is 31.5 Å². The Morgan fingerprint density at radius 3 is 2.86 bits per heavy atom. The molecule has 21 heavy (non-hydrogen) atoms. The second-order valence-electron chi connectivity index (χ2n) is 5.55. The van der Waals surface area contributed by atoms with Gasteiger partial charge in [-0.3, -0.25) is 4.90 Å². The molecule has 1 aromatic heterocycles. The molecule has 7 heteroatoms. The maximum atomic E-state index is 13.4. The van der Waals surface area contributed by atoms with Gasteiger partial charge in [-0.05, 0) is 38.1 Å². The lowest BCUT2D eigenvalue weighted by atomic mass is 10.2. The number of aliphatic hydroxyl groups excluding tert-OH is 1. The van der Waals surface area contributed by atoms with Gasteiger partial charge in [0.2, 0.25) is 5.95 Å². The molecule has 2 saturated heterocycles. The number of halogens is 1. The Morgan fingerprint density at radius 2 is 2.14 bits per heavy atom. The lowest BCUT2D eigenvalue weighted by Gasteiger charge is -2.25. The van der Waals surface area contributed by atoms with E-state index in [-0.39, 0.29) is 18.3 Å². The Kier molecular flexibility index (Phi) is 4.03. The molecule has 114 valence electrons. The minimum Gasteiger partial charge on any atom is -0.390 e. The number of β-amino-alcohol motifs (C(OH)–C–C–N with tert-alkyl or cyclic N) is 1. The summed E-state index contributed by atoms with van der Waals surface area (Å²) in [4.78, 5) is 19.4. The molecule has 0 spiro atoms. The molecule has 2 N–H and O–H groups in total. The van der Waals surface area contributed by atoms with E-state index in [2.05, 4.69) is 15.2 Å². The van der Waals surface area contributed by atoms with Crippen LogP contribution in [0.5, 0.6) is 0 Å². The lowest BCUT2D eigenvalue weighted by molar-refractivity contribution is 0.0980. The summed E-state index contributed by atoms with van der Waals surface area (Å²) in [5.74, 6) is -0.707. The maximum Gasteiger partial charge on any atom is 0.322 e. The van der Waals surface area contributed by atoms with Crippen LogP contribution in [0, 0.1) is 5.95 Å². The second kappa shape index (κ2) is 5.95. The summed E-state index contributed by atoms with van der Waals surface area (Å²) in [7, 11) is 0. The summed E-state index contributed by atoms with van der Waals surface area (Å²) in [5.41, 5.74) is 0.0570. The summed E-state index contributed by atoms with van der Waals surface area (Å²) in [6, 6.07) is 2.61. The first-order valence-corrected chi connectivity index (χ1v) is 7.23. The van der Waals surface area contributed by atoms with Crippen molar-refractivity contribution < 1.29 is 14.3 Å². The molecule has 1 aromatic rings. The van der Waals surface area contributed by atoms with E-state index in [1.807, 2.05) is 0 Å². The smallest absolute Gasteiger partial charge is 0.322 e. The third-order valence-electron chi connectivity index (χ3n) is 4.16. The number of rotatable bonds is 2. The first-order valence-electron chi connectivity index (χ1n) is 7.23. The van der Waals surface area contributed by atoms with E-state index >= 15 is 0 Å². The van der Waals surface area contributed by atoms with Crippen molar-refractivity contribution in [2.24, 2.45) is 0 Å². The molecule has 0 aromatic carbocycles. The van der Waals surface area contributed by atoms with Crippen LogP contribution >= 0.6 is 0 Å². The molecular formula is C14H19FN4O2. The van der Waals surface area contributed by atoms with Gasteiger partial charge in [0, 0.05) is 12.7 Å². The predicted octanol–water partition coefficient (Wildman–Crippen LogP) is 0.893. The van der Waals surface area contributed by atoms with Crippen LogP contribution in [0.15, 0.2) is 18.3 Å². The standard InChI is InChI=1S/C14H19FN4O2/c15-13-10(4-3-5-16-13)17-14(21)19-8-11(12(20)9-19)18-6-1-2-7-18/h3-5,11-12,20H,1-2,6-9H2,(H,17,21)/t11-,12-/m0/s1. The number of nitrogens with zero attached hydrogens (tertiary/aromatic N) is 3. The quantitative estimate of drug-likeness (QED) is 0.795. The van der Waals surface area contributed by atoms with Gasteiger partial charge in [-0.2, -0.15) is 4.39 Å². The number of aliphatic hydroxyl groups is 1. The van der Waals surface area contributed by atoms with E-state index in [0.29, 0.717) is 6.54 Å². The third-order valence-corrected chi connectivity index (χ3v) is 4.16. The summed E-state index contributed by atoms with van der Waals surface area (Å²) in [6.45, 7) is 2.67. The Bertz CT molecular complexity index is 521. The van der Waals surface area contributed by atoms with Gasteiger partial charge in [0.05, 0.1) is 24.4 Å². The van der Waals surface area contributed by atoms with Gasteiger partial charge < -0.3 is 15.3 Å². The van der Waals surface area contributed by atoms with Crippen molar-refractivity contribution in [1.82, 2.24) is 14.8 Å². The van der Waals surface area contributed by atoms with E-state index in [1.54, 1.807) is 6.07 Å². The lowest BCUT2D eigenvalue weighted by Crippen LogP contribution is -2.41. The van der Waals surface area contributed by atoms with Crippen LogP contribution in [0.2, 0.25) is 0 Å². The number of aromatic nitrogens is 1. The highest BCUT2D eigenvalue weighted by atomic mass is 19.1. The minimum absolute atomic E-state index is 0.0167. The first-order chi connectivity index (χ1) is 10.1. The molecule has 0 aliphatic carbocycles. The Labute approximate surface area is 122 Å². The number of carbonyl (C=O) groups excluding carboxylic acids is 1. The van der Waals surface area contributed by atoms with Crippen molar-refractivity contribution in [3.63, 3.8) is 0 Å². The van der Waals surface area contributed by atoms with Crippen LogP contribution in [0.4, 0.5) is 14.9 Å². The molecule has 2 fully saturated rings. The average Bonchev–Trinajstić information content (AvgIpc) is 3.10. The number of anilines is 1. The molecule has 6 nitrogen and oxygen atoms in total. The van der Waals surface area contributed by atoms with Gasteiger partial charge in [-0.1, -0.05) is 0 Å². The van der Waals surface area contributed by atoms with Gasteiger partial charge in [-0.15, -0.1) is 0 Å². The summed E-state index contributed by atoms with van der Waals surface area (Å²) >= 11 is 0. The van der Waals surface area contributed by atoms with Crippen molar-refractivity contribution in [3.05, 3.63) is 24.3 Å². The Hall–Kier alpha value is -1.73. The highest BCUT2D eigenvalue weighted by molar-refractivity contribution is 5.89. The molecule has 0 bridgehead atoms. The molecule has 2 atom stereocenters. The van der Waals surface area contributed by atoms with E-state index in [0.717, 1.165) is 25.9 Å². The van der Waals surface area contributed by atoms with E-state index in [1.165, 1.54) is 17.2 Å². The van der Waals surface area contributed by atoms with Crippen molar-refractivity contribution in [1.29, 1.82) is 0 Å². The topological polar surface area (TPSA) is 68.7 Å². The zero-order chi connectivity index (χ0) is 14.8. The molecular weight excluding hydrogens is 275 g/mol. The minimum atomic E-state index is -0.707. The zero-order valence-corrected chi connectivity index (χ0v) is 11.7. The zero-order valence-electron chi connectivity index (χ0n) is 11.7. The van der Waals surface area contributed by atoms with Gasteiger partial charge in [0.25, 0.3) is 0 Å². The third kappa shape index (κ3) is 2.98. The van der Waals surface area contributed by atoms with Crippen LogP contribution in [0.1, 0.15) is 12.8 Å². The predicted molar refractivity (Wildman–Crippen MR) is 75.4 cm³/mol. The SMILES string of the molecule is O=C(Nc1cccnc1F)N1C[C@H](O)[C@@H](N2CCCC2)C1. The highest BCUT2D eigenvalue weighted by Gasteiger charge is 2.38. The summed E-state index contributed by atoms with van der Waals surface area (Å²) in [5, 5.41) is 12.6. The molecule has 2 aliphatic heterocycles. The fraction of sp³-hybridized carbons (Fsp3) is 0.571.